The molecule has 0 saturated heterocycles. The zero-order valence-electron chi connectivity index (χ0n) is 17.1. The molecule has 3 amide bonds. The molecule has 2 rings (SSSR count). The molecule has 1 heterocycles. The molecule has 0 aliphatic carbocycles. The zero-order chi connectivity index (χ0) is 22.1. The maximum atomic E-state index is 12.7. The summed E-state index contributed by atoms with van der Waals surface area (Å²) < 4.78 is 5.11. The lowest BCUT2D eigenvalue weighted by molar-refractivity contribution is 0.0946. The molecule has 2 N–H and O–H groups in total. The standard InChI is InChI=1S/C19H25Cl2N5O3S/c1-25(2)7-6-22-18(27)16-12-30-17(24-16)11-26(8-9-29-3)19(28)23-13-4-5-14(20)15(21)10-13/h4-5,10,12H,6-9,11H2,1-3H3,(H,22,27)(H,23,28). The van der Waals surface area contributed by atoms with E-state index in [-0.39, 0.29) is 18.5 Å². The Morgan fingerprint density at radius 1 is 1.20 bits per heavy atom. The van der Waals surface area contributed by atoms with E-state index in [1.54, 1.807) is 35.6 Å². The normalized spacial score (nSPS) is 10.9. The van der Waals surface area contributed by atoms with Crippen LogP contribution in [0.2, 0.25) is 10.0 Å². The number of amides is 3. The van der Waals surface area contributed by atoms with Crippen molar-refractivity contribution in [2.45, 2.75) is 6.54 Å². The van der Waals surface area contributed by atoms with Crippen molar-refractivity contribution in [1.29, 1.82) is 0 Å². The molecule has 0 unspecified atom stereocenters. The molecule has 11 heteroatoms. The summed E-state index contributed by atoms with van der Waals surface area (Å²) in [5, 5.41) is 8.70. The number of nitrogens with zero attached hydrogens (tertiary/aromatic N) is 3. The van der Waals surface area contributed by atoms with Crippen LogP contribution in [0.15, 0.2) is 23.6 Å². The fourth-order valence-corrected chi connectivity index (χ4v) is 3.45. The summed E-state index contributed by atoms with van der Waals surface area (Å²) in [6.45, 7) is 2.23. The molecule has 0 atom stereocenters. The van der Waals surface area contributed by atoms with Gasteiger partial charge in [-0.25, -0.2) is 9.78 Å². The van der Waals surface area contributed by atoms with Crippen LogP contribution in [0.25, 0.3) is 0 Å². The van der Waals surface area contributed by atoms with E-state index < -0.39 is 0 Å². The summed E-state index contributed by atoms with van der Waals surface area (Å²) >= 11 is 13.3. The highest BCUT2D eigenvalue weighted by atomic mass is 35.5. The van der Waals surface area contributed by atoms with Crippen molar-refractivity contribution in [3.05, 3.63) is 44.3 Å². The van der Waals surface area contributed by atoms with E-state index in [0.29, 0.717) is 46.1 Å². The van der Waals surface area contributed by atoms with Crippen molar-refractivity contribution in [1.82, 2.24) is 20.1 Å². The molecule has 0 aliphatic rings. The molecule has 2 aromatic rings. The number of benzene rings is 1. The third-order valence-corrected chi connectivity index (χ3v) is 5.55. The SMILES string of the molecule is COCCN(Cc1nc(C(=O)NCCN(C)C)cs1)C(=O)Nc1ccc(Cl)c(Cl)c1. The first-order chi connectivity index (χ1) is 14.3. The minimum atomic E-state index is -0.336. The van der Waals surface area contributed by atoms with Gasteiger partial charge in [-0.3, -0.25) is 4.79 Å². The molecule has 0 bridgehead atoms. The Labute approximate surface area is 190 Å². The highest BCUT2D eigenvalue weighted by molar-refractivity contribution is 7.09. The van der Waals surface area contributed by atoms with Gasteiger partial charge in [-0.1, -0.05) is 23.2 Å². The summed E-state index contributed by atoms with van der Waals surface area (Å²) in [6.07, 6.45) is 0. The summed E-state index contributed by atoms with van der Waals surface area (Å²) in [7, 11) is 5.43. The van der Waals surface area contributed by atoms with Crippen molar-refractivity contribution in [2.24, 2.45) is 0 Å². The number of rotatable bonds is 10. The predicted molar refractivity (Wildman–Crippen MR) is 121 cm³/mol. The number of urea groups is 1. The monoisotopic (exact) mass is 473 g/mol. The zero-order valence-corrected chi connectivity index (χ0v) is 19.4. The van der Waals surface area contributed by atoms with Crippen LogP contribution in [0.5, 0.6) is 0 Å². The van der Waals surface area contributed by atoms with Gasteiger partial charge in [0, 0.05) is 37.8 Å². The van der Waals surface area contributed by atoms with Crippen molar-refractivity contribution in [2.75, 3.05) is 52.8 Å². The van der Waals surface area contributed by atoms with Gasteiger partial charge in [0.25, 0.3) is 5.91 Å². The lowest BCUT2D eigenvalue weighted by Crippen LogP contribution is -2.37. The van der Waals surface area contributed by atoms with Crippen molar-refractivity contribution in [3.8, 4) is 0 Å². The predicted octanol–water partition coefficient (Wildman–Crippen LogP) is 3.42. The molecule has 0 fully saturated rings. The molecule has 0 aliphatic heterocycles. The Hall–Kier alpha value is -1.91. The van der Waals surface area contributed by atoms with Crippen LogP contribution in [0, 0.1) is 0 Å². The third-order valence-electron chi connectivity index (χ3n) is 3.98. The highest BCUT2D eigenvalue weighted by Crippen LogP contribution is 2.25. The Kier molecular flexibility index (Phi) is 9.80. The molecular weight excluding hydrogens is 449 g/mol. The molecule has 30 heavy (non-hydrogen) atoms. The molecule has 1 aromatic heterocycles. The van der Waals surface area contributed by atoms with Crippen LogP contribution in [-0.4, -0.2) is 74.2 Å². The van der Waals surface area contributed by atoms with Crippen LogP contribution < -0.4 is 10.6 Å². The third kappa shape index (κ3) is 7.73. The van der Waals surface area contributed by atoms with Gasteiger partial charge in [0.1, 0.15) is 10.7 Å². The van der Waals surface area contributed by atoms with Crippen LogP contribution in [-0.2, 0) is 11.3 Å². The topological polar surface area (TPSA) is 86.8 Å². The Balaban J connectivity index is 2.01. The van der Waals surface area contributed by atoms with E-state index in [1.165, 1.54) is 11.3 Å². The Bertz CT molecular complexity index is 862. The minimum absolute atomic E-state index is 0.233. The molecular formula is C19H25Cl2N5O3S. The maximum Gasteiger partial charge on any atom is 0.322 e. The van der Waals surface area contributed by atoms with E-state index in [0.717, 1.165) is 6.54 Å². The average Bonchev–Trinajstić information content (AvgIpc) is 3.16. The fraction of sp³-hybridized carbons (Fsp3) is 0.421. The summed E-state index contributed by atoms with van der Waals surface area (Å²) in [5.41, 5.74) is 0.863. The summed E-state index contributed by atoms with van der Waals surface area (Å²) in [5.74, 6) is -0.233. The molecule has 0 spiro atoms. The largest absolute Gasteiger partial charge is 0.383 e. The van der Waals surface area contributed by atoms with Crippen LogP contribution in [0.4, 0.5) is 10.5 Å². The second-order valence-electron chi connectivity index (χ2n) is 6.66. The molecule has 0 saturated carbocycles. The summed E-state index contributed by atoms with van der Waals surface area (Å²) in [6, 6.07) is 4.52. The lowest BCUT2D eigenvalue weighted by atomic mass is 10.3. The first-order valence-corrected chi connectivity index (χ1v) is 10.8. The number of hydrogen-bond acceptors (Lipinski definition) is 6. The number of methoxy groups -OCH3 is 1. The maximum absolute atomic E-state index is 12.7. The van der Waals surface area contributed by atoms with Gasteiger partial charge in [0.05, 0.1) is 23.2 Å². The van der Waals surface area contributed by atoms with E-state index in [2.05, 4.69) is 15.6 Å². The van der Waals surface area contributed by atoms with E-state index in [1.807, 2.05) is 19.0 Å². The fourth-order valence-electron chi connectivity index (χ4n) is 2.36. The van der Waals surface area contributed by atoms with Gasteiger partial charge in [-0.2, -0.15) is 0 Å². The average molecular weight is 474 g/mol. The van der Waals surface area contributed by atoms with E-state index in [4.69, 9.17) is 27.9 Å². The van der Waals surface area contributed by atoms with Gasteiger partial charge in [-0.05, 0) is 32.3 Å². The second-order valence-corrected chi connectivity index (χ2v) is 8.42. The number of carbonyl (C=O) groups excluding carboxylic acids is 2. The van der Waals surface area contributed by atoms with E-state index in [9.17, 15) is 9.59 Å². The number of ether oxygens (including phenoxy) is 1. The lowest BCUT2D eigenvalue weighted by Gasteiger charge is -2.22. The Morgan fingerprint density at radius 3 is 2.63 bits per heavy atom. The number of thiazole rings is 1. The first kappa shape index (κ1) is 24.4. The van der Waals surface area contributed by atoms with Gasteiger partial charge < -0.3 is 25.2 Å². The van der Waals surface area contributed by atoms with Crippen LogP contribution in [0.1, 0.15) is 15.5 Å². The van der Waals surface area contributed by atoms with Gasteiger partial charge >= 0.3 is 6.03 Å². The van der Waals surface area contributed by atoms with Gasteiger partial charge in [-0.15, -0.1) is 11.3 Å². The number of likely N-dealkylation sites (N-methyl/N-ethyl adjacent to an activating group) is 1. The van der Waals surface area contributed by atoms with Crippen LogP contribution in [0.3, 0.4) is 0 Å². The number of aromatic nitrogens is 1. The number of nitrogens with one attached hydrogen (secondary N) is 2. The molecule has 1 aromatic carbocycles. The van der Waals surface area contributed by atoms with Crippen molar-refractivity contribution >= 4 is 52.2 Å². The van der Waals surface area contributed by atoms with Gasteiger partial charge in [0.2, 0.25) is 0 Å². The quantitative estimate of drug-likeness (QED) is 0.551. The minimum Gasteiger partial charge on any atom is -0.383 e. The molecule has 164 valence electrons. The smallest absolute Gasteiger partial charge is 0.322 e. The van der Waals surface area contributed by atoms with Crippen molar-refractivity contribution in [3.63, 3.8) is 0 Å². The molecule has 0 radical (unpaired) electrons. The van der Waals surface area contributed by atoms with Gasteiger partial charge in [0.15, 0.2) is 0 Å². The number of halogens is 2. The van der Waals surface area contributed by atoms with Crippen molar-refractivity contribution < 1.29 is 14.3 Å². The number of carbonyl (C=O) groups is 2. The molecule has 8 nitrogen and oxygen atoms in total. The highest BCUT2D eigenvalue weighted by Gasteiger charge is 2.18. The summed E-state index contributed by atoms with van der Waals surface area (Å²) in [4.78, 5) is 32.8. The number of anilines is 1. The van der Waals surface area contributed by atoms with Crippen LogP contribution >= 0.6 is 34.5 Å². The second kappa shape index (κ2) is 12.1. The first-order valence-electron chi connectivity index (χ1n) is 9.17. The number of hydrogen-bond donors (Lipinski definition) is 2. The van der Waals surface area contributed by atoms with E-state index >= 15 is 0 Å². The Morgan fingerprint density at radius 2 is 1.97 bits per heavy atom.